The third-order valence-electron chi connectivity index (χ3n) is 1.53. The van der Waals surface area contributed by atoms with Gasteiger partial charge in [0.05, 0.1) is 0 Å². The number of carboxylic acids is 1. The summed E-state index contributed by atoms with van der Waals surface area (Å²) in [5.41, 5.74) is 5.85. The van der Waals surface area contributed by atoms with Gasteiger partial charge >= 0.3 is 5.97 Å². The molecule has 0 aromatic carbocycles. The Hall–Kier alpha value is -1.36. The normalized spacial score (nSPS) is 12.9. The summed E-state index contributed by atoms with van der Waals surface area (Å²) in [5.74, 6) is -0.768. The lowest BCUT2D eigenvalue weighted by atomic mass is 10.1. The molecule has 1 rings (SSSR count). The Morgan fingerprint density at radius 2 is 2.33 bits per heavy atom. The van der Waals surface area contributed by atoms with E-state index in [1.165, 1.54) is 0 Å². The van der Waals surface area contributed by atoms with Gasteiger partial charge in [0.15, 0.2) is 0 Å². The number of aromatic carboxylic acids is 1. The molecule has 1 heterocycles. The zero-order valence-electron chi connectivity index (χ0n) is 6.87. The number of carboxylic acid groups (broad SMARTS) is 1. The Bertz CT molecular complexity index is 304. The minimum Gasteiger partial charge on any atom is -0.477 e. The Balaban J connectivity index is 3.21. The molecule has 0 aliphatic heterocycles. The van der Waals surface area contributed by atoms with Gasteiger partial charge in [-0.05, 0) is 13.8 Å². The molecule has 12 heavy (non-hydrogen) atoms. The molecular weight excluding hydrogens is 160 g/mol. The summed E-state index contributed by atoms with van der Waals surface area (Å²) in [6.07, 6.45) is 0. The SMILES string of the molecule is Cc1onc(C(C)N)c1C(=O)O. The van der Waals surface area contributed by atoms with E-state index in [0.717, 1.165) is 0 Å². The molecule has 66 valence electrons. The van der Waals surface area contributed by atoms with E-state index < -0.39 is 12.0 Å². The molecule has 0 fully saturated rings. The molecule has 0 saturated heterocycles. The summed E-state index contributed by atoms with van der Waals surface area (Å²) in [5, 5.41) is 12.3. The molecule has 0 bridgehead atoms. The van der Waals surface area contributed by atoms with Crippen LogP contribution in [-0.4, -0.2) is 16.2 Å². The van der Waals surface area contributed by atoms with Gasteiger partial charge in [0.25, 0.3) is 0 Å². The number of aromatic nitrogens is 1. The first kappa shape index (κ1) is 8.73. The highest BCUT2D eigenvalue weighted by Crippen LogP contribution is 2.17. The minimum atomic E-state index is -1.05. The molecule has 1 aromatic rings. The zero-order chi connectivity index (χ0) is 9.30. The molecular formula is C7H10N2O3. The molecule has 0 radical (unpaired) electrons. The maximum atomic E-state index is 10.7. The fourth-order valence-corrected chi connectivity index (χ4v) is 0.960. The predicted octanol–water partition coefficient (Wildman–Crippen LogP) is 0.701. The lowest BCUT2D eigenvalue weighted by molar-refractivity contribution is 0.0693. The van der Waals surface area contributed by atoms with E-state index in [1.807, 2.05) is 0 Å². The summed E-state index contributed by atoms with van der Waals surface area (Å²) in [6, 6.07) is -0.423. The van der Waals surface area contributed by atoms with Crippen LogP contribution in [-0.2, 0) is 0 Å². The number of aryl methyl sites for hydroxylation is 1. The molecule has 0 amide bonds. The second-order valence-corrected chi connectivity index (χ2v) is 2.59. The number of nitrogens with two attached hydrogens (primary N) is 1. The van der Waals surface area contributed by atoms with Gasteiger partial charge in [-0.1, -0.05) is 5.16 Å². The Morgan fingerprint density at radius 1 is 1.75 bits per heavy atom. The number of nitrogens with zero attached hydrogens (tertiary/aromatic N) is 1. The number of rotatable bonds is 2. The molecule has 0 aliphatic carbocycles. The first-order valence-electron chi connectivity index (χ1n) is 3.49. The van der Waals surface area contributed by atoms with E-state index >= 15 is 0 Å². The van der Waals surface area contributed by atoms with Crippen LogP contribution in [0.4, 0.5) is 0 Å². The quantitative estimate of drug-likeness (QED) is 0.681. The van der Waals surface area contributed by atoms with Crippen LogP contribution in [0.25, 0.3) is 0 Å². The topological polar surface area (TPSA) is 89.4 Å². The molecule has 5 heteroatoms. The van der Waals surface area contributed by atoms with Crippen molar-refractivity contribution in [3.05, 3.63) is 17.0 Å². The molecule has 1 aromatic heterocycles. The van der Waals surface area contributed by atoms with Gasteiger partial charge in [0.1, 0.15) is 17.0 Å². The van der Waals surface area contributed by atoms with E-state index in [4.69, 9.17) is 15.4 Å². The van der Waals surface area contributed by atoms with E-state index in [0.29, 0.717) is 5.69 Å². The lowest BCUT2D eigenvalue weighted by Crippen LogP contribution is -2.11. The van der Waals surface area contributed by atoms with Gasteiger partial charge in [-0.15, -0.1) is 0 Å². The molecule has 0 aliphatic rings. The highest BCUT2D eigenvalue weighted by molar-refractivity contribution is 5.90. The predicted molar refractivity (Wildman–Crippen MR) is 40.8 cm³/mol. The van der Waals surface area contributed by atoms with Crippen LogP contribution in [0, 0.1) is 6.92 Å². The Kier molecular flexibility index (Phi) is 2.14. The number of hydrogen-bond acceptors (Lipinski definition) is 4. The highest BCUT2D eigenvalue weighted by Gasteiger charge is 2.21. The van der Waals surface area contributed by atoms with Crippen molar-refractivity contribution in [1.82, 2.24) is 5.16 Å². The fourth-order valence-electron chi connectivity index (χ4n) is 0.960. The van der Waals surface area contributed by atoms with Crippen molar-refractivity contribution in [2.45, 2.75) is 19.9 Å². The van der Waals surface area contributed by atoms with E-state index in [9.17, 15) is 4.79 Å². The van der Waals surface area contributed by atoms with Crippen molar-refractivity contribution in [1.29, 1.82) is 0 Å². The first-order valence-corrected chi connectivity index (χ1v) is 3.49. The molecule has 1 atom stereocenters. The Morgan fingerprint density at radius 3 is 2.67 bits per heavy atom. The molecule has 1 unspecified atom stereocenters. The summed E-state index contributed by atoms with van der Waals surface area (Å²) >= 11 is 0. The molecule has 5 nitrogen and oxygen atoms in total. The summed E-state index contributed by atoms with van der Waals surface area (Å²) in [4.78, 5) is 10.7. The van der Waals surface area contributed by atoms with Crippen molar-refractivity contribution in [3.8, 4) is 0 Å². The van der Waals surface area contributed by atoms with Gasteiger partial charge < -0.3 is 15.4 Å². The number of hydrogen-bond donors (Lipinski definition) is 2. The summed E-state index contributed by atoms with van der Waals surface area (Å²) < 4.78 is 4.71. The van der Waals surface area contributed by atoms with Crippen molar-refractivity contribution < 1.29 is 14.4 Å². The zero-order valence-corrected chi connectivity index (χ0v) is 6.87. The second-order valence-electron chi connectivity index (χ2n) is 2.59. The largest absolute Gasteiger partial charge is 0.477 e. The summed E-state index contributed by atoms with van der Waals surface area (Å²) in [6.45, 7) is 3.20. The lowest BCUT2D eigenvalue weighted by Gasteiger charge is -1.99. The van der Waals surface area contributed by atoms with Crippen LogP contribution < -0.4 is 5.73 Å². The standard InChI is InChI=1S/C7H10N2O3/c1-3(8)6-5(7(10)11)4(2)12-9-6/h3H,8H2,1-2H3,(H,10,11). The van der Waals surface area contributed by atoms with Crippen molar-refractivity contribution in [2.24, 2.45) is 5.73 Å². The minimum absolute atomic E-state index is 0.0741. The van der Waals surface area contributed by atoms with Crippen molar-refractivity contribution in [2.75, 3.05) is 0 Å². The van der Waals surface area contributed by atoms with Gasteiger partial charge in [-0.3, -0.25) is 0 Å². The third-order valence-corrected chi connectivity index (χ3v) is 1.53. The smallest absolute Gasteiger partial charge is 0.341 e. The molecule has 3 N–H and O–H groups in total. The highest BCUT2D eigenvalue weighted by atomic mass is 16.5. The van der Waals surface area contributed by atoms with Gasteiger partial charge in [0.2, 0.25) is 0 Å². The van der Waals surface area contributed by atoms with Crippen LogP contribution in [0.2, 0.25) is 0 Å². The summed E-state index contributed by atoms with van der Waals surface area (Å²) in [7, 11) is 0. The average Bonchev–Trinajstić information content (AvgIpc) is 2.30. The van der Waals surface area contributed by atoms with E-state index in [2.05, 4.69) is 5.16 Å². The monoisotopic (exact) mass is 170 g/mol. The first-order chi connectivity index (χ1) is 5.54. The van der Waals surface area contributed by atoms with Crippen LogP contribution in [0.5, 0.6) is 0 Å². The average molecular weight is 170 g/mol. The van der Waals surface area contributed by atoms with Crippen LogP contribution in [0.3, 0.4) is 0 Å². The van der Waals surface area contributed by atoms with Gasteiger partial charge in [-0.2, -0.15) is 0 Å². The van der Waals surface area contributed by atoms with Crippen LogP contribution >= 0.6 is 0 Å². The molecule has 0 saturated carbocycles. The third kappa shape index (κ3) is 1.31. The number of carbonyl (C=O) groups is 1. The van der Waals surface area contributed by atoms with E-state index in [1.54, 1.807) is 13.8 Å². The maximum absolute atomic E-state index is 10.7. The van der Waals surface area contributed by atoms with Gasteiger partial charge in [-0.25, -0.2) is 4.79 Å². The maximum Gasteiger partial charge on any atom is 0.341 e. The fraction of sp³-hybridized carbons (Fsp3) is 0.429. The van der Waals surface area contributed by atoms with Crippen LogP contribution in [0.1, 0.15) is 34.8 Å². The van der Waals surface area contributed by atoms with Gasteiger partial charge in [0, 0.05) is 6.04 Å². The second kappa shape index (κ2) is 2.94. The van der Waals surface area contributed by atoms with Crippen LogP contribution in [0.15, 0.2) is 4.52 Å². The van der Waals surface area contributed by atoms with E-state index in [-0.39, 0.29) is 11.3 Å². The van der Waals surface area contributed by atoms with Crippen molar-refractivity contribution >= 4 is 5.97 Å². The van der Waals surface area contributed by atoms with Crippen molar-refractivity contribution in [3.63, 3.8) is 0 Å². The Labute approximate surface area is 69.2 Å². The molecule has 0 spiro atoms.